The lowest BCUT2D eigenvalue weighted by Crippen LogP contribution is -2.48. The molecule has 2 atom stereocenters. The molecule has 0 radical (unpaired) electrons. The number of likely N-dealkylation sites (tertiary alicyclic amines) is 1. The Hall–Kier alpha value is -1.35. The van der Waals surface area contributed by atoms with Crippen LogP contribution in [0.1, 0.15) is 26.7 Å². The number of rotatable bonds is 5. The zero-order chi connectivity index (χ0) is 13.7. The fourth-order valence-corrected chi connectivity index (χ4v) is 3.02. The molecule has 0 N–H and O–H groups in total. The third-order valence-electron chi connectivity index (χ3n) is 3.97. The van der Waals surface area contributed by atoms with Gasteiger partial charge in [0.25, 0.3) is 0 Å². The number of hydrogen-bond acceptors (Lipinski definition) is 3. The lowest BCUT2D eigenvalue weighted by molar-refractivity contribution is -0.113. The third kappa shape index (κ3) is 3.80. The predicted octanol–water partition coefficient (Wildman–Crippen LogP) is 2.75. The van der Waals surface area contributed by atoms with Crippen LogP contribution in [0, 0.1) is 5.92 Å². The van der Waals surface area contributed by atoms with Crippen LogP contribution in [0.5, 0.6) is 5.75 Å². The Morgan fingerprint density at radius 3 is 2.42 bits per heavy atom. The molecule has 0 spiro atoms. The molecule has 0 saturated carbocycles. The minimum Gasteiger partial charge on any atom is -0.492 e. The van der Waals surface area contributed by atoms with E-state index < -0.39 is 0 Å². The SMILES string of the molecule is C[C@@H]1CC(C=O)C[C@@H](C)N1CCOc1ccccc1. The highest BCUT2D eigenvalue weighted by atomic mass is 16.5. The van der Waals surface area contributed by atoms with Crippen LogP contribution in [0.4, 0.5) is 0 Å². The van der Waals surface area contributed by atoms with Gasteiger partial charge in [-0.1, -0.05) is 18.2 Å². The van der Waals surface area contributed by atoms with Gasteiger partial charge >= 0.3 is 0 Å². The van der Waals surface area contributed by atoms with Gasteiger partial charge in [-0.25, -0.2) is 0 Å². The van der Waals surface area contributed by atoms with E-state index in [2.05, 4.69) is 18.7 Å². The molecule has 0 unspecified atom stereocenters. The fraction of sp³-hybridized carbons (Fsp3) is 0.562. The number of hydrogen-bond donors (Lipinski definition) is 0. The van der Waals surface area contributed by atoms with Gasteiger partial charge < -0.3 is 9.53 Å². The lowest BCUT2D eigenvalue weighted by atomic mass is 9.88. The number of nitrogens with zero attached hydrogens (tertiary/aromatic N) is 1. The van der Waals surface area contributed by atoms with Crippen molar-refractivity contribution in [2.75, 3.05) is 13.2 Å². The van der Waals surface area contributed by atoms with Gasteiger partial charge in [0, 0.05) is 24.5 Å². The first-order valence-corrected chi connectivity index (χ1v) is 7.09. The molecule has 1 aliphatic heterocycles. The molecule has 19 heavy (non-hydrogen) atoms. The molecule has 3 nitrogen and oxygen atoms in total. The Bertz CT molecular complexity index is 381. The van der Waals surface area contributed by atoms with Gasteiger partial charge in [0.1, 0.15) is 18.6 Å². The summed E-state index contributed by atoms with van der Waals surface area (Å²) in [5, 5.41) is 0. The van der Waals surface area contributed by atoms with E-state index in [1.165, 1.54) is 0 Å². The molecular formula is C16H23NO2. The molecule has 1 aromatic rings. The van der Waals surface area contributed by atoms with Crippen LogP contribution in [0.15, 0.2) is 30.3 Å². The summed E-state index contributed by atoms with van der Waals surface area (Å²) in [6.45, 7) is 6.02. The van der Waals surface area contributed by atoms with Crippen LogP contribution in [0.3, 0.4) is 0 Å². The average Bonchev–Trinajstić information content (AvgIpc) is 2.42. The average molecular weight is 261 g/mol. The monoisotopic (exact) mass is 261 g/mol. The number of ether oxygens (including phenoxy) is 1. The number of aldehydes is 1. The number of piperidine rings is 1. The van der Waals surface area contributed by atoms with Crippen molar-refractivity contribution in [2.24, 2.45) is 5.92 Å². The third-order valence-corrected chi connectivity index (χ3v) is 3.97. The van der Waals surface area contributed by atoms with E-state index in [0.29, 0.717) is 18.7 Å². The quantitative estimate of drug-likeness (QED) is 0.763. The van der Waals surface area contributed by atoms with E-state index in [4.69, 9.17) is 4.74 Å². The van der Waals surface area contributed by atoms with Crippen LogP contribution < -0.4 is 4.74 Å². The number of carbonyl (C=O) groups excluding carboxylic acids is 1. The van der Waals surface area contributed by atoms with Gasteiger partial charge in [0.2, 0.25) is 0 Å². The van der Waals surface area contributed by atoms with Crippen molar-refractivity contribution in [3.05, 3.63) is 30.3 Å². The predicted molar refractivity (Wildman–Crippen MR) is 76.4 cm³/mol. The van der Waals surface area contributed by atoms with Gasteiger partial charge in [0.05, 0.1) is 0 Å². The van der Waals surface area contributed by atoms with Crippen LogP contribution in [0.25, 0.3) is 0 Å². The summed E-state index contributed by atoms with van der Waals surface area (Å²) in [6.07, 6.45) is 3.06. The molecular weight excluding hydrogens is 238 g/mol. The molecule has 3 heteroatoms. The van der Waals surface area contributed by atoms with Gasteiger partial charge in [0.15, 0.2) is 0 Å². The summed E-state index contributed by atoms with van der Waals surface area (Å²) in [5.74, 6) is 1.15. The van der Waals surface area contributed by atoms with E-state index in [-0.39, 0.29) is 5.92 Å². The van der Waals surface area contributed by atoms with Crippen molar-refractivity contribution in [3.63, 3.8) is 0 Å². The zero-order valence-electron chi connectivity index (χ0n) is 11.8. The second-order valence-corrected chi connectivity index (χ2v) is 5.46. The summed E-state index contributed by atoms with van der Waals surface area (Å²) in [6, 6.07) is 10.8. The van der Waals surface area contributed by atoms with Gasteiger partial charge in [-0.3, -0.25) is 4.90 Å². The fourth-order valence-electron chi connectivity index (χ4n) is 3.02. The highest BCUT2D eigenvalue weighted by molar-refractivity contribution is 5.53. The summed E-state index contributed by atoms with van der Waals surface area (Å²) >= 11 is 0. The van der Waals surface area contributed by atoms with Crippen molar-refractivity contribution in [2.45, 2.75) is 38.8 Å². The normalized spacial score (nSPS) is 28.0. The summed E-state index contributed by atoms with van der Waals surface area (Å²) < 4.78 is 5.75. The first kappa shape index (κ1) is 14.1. The van der Waals surface area contributed by atoms with Crippen molar-refractivity contribution >= 4 is 6.29 Å². The first-order chi connectivity index (χ1) is 9.20. The number of benzene rings is 1. The molecule has 1 aliphatic rings. The maximum absolute atomic E-state index is 10.9. The molecule has 1 saturated heterocycles. The van der Waals surface area contributed by atoms with Gasteiger partial charge in [-0.05, 0) is 38.8 Å². The van der Waals surface area contributed by atoms with Crippen molar-refractivity contribution in [1.29, 1.82) is 0 Å². The Morgan fingerprint density at radius 1 is 1.21 bits per heavy atom. The molecule has 0 aromatic heterocycles. The van der Waals surface area contributed by atoms with E-state index in [9.17, 15) is 4.79 Å². The maximum Gasteiger partial charge on any atom is 0.123 e. The molecule has 0 aliphatic carbocycles. The van der Waals surface area contributed by atoms with E-state index in [0.717, 1.165) is 31.4 Å². The molecule has 1 fully saturated rings. The molecule has 2 rings (SSSR count). The summed E-state index contributed by atoms with van der Waals surface area (Å²) in [5.41, 5.74) is 0. The Labute approximate surface area is 115 Å². The minimum atomic E-state index is 0.233. The standard InChI is InChI=1S/C16H23NO2/c1-13-10-15(12-18)11-14(2)17(13)8-9-19-16-6-4-3-5-7-16/h3-7,12-15H,8-11H2,1-2H3/t13-,14-/m1/s1. The maximum atomic E-state index is 10.9. The number of carbonyl (C=O) groups is 1. The summed E-state index contributed by atoms with van der Waals surface area (Å²) in [4.78, 5) is 13.4. The van der Waals surface area contributed by atoms with Gasteiger partial charge in [-0.15, -0.1) is 0 Å². The highest BCUT2D eigenvalue weighted by Gasteiger charge is 2.30. The Balaban J connectivity index is 1.80. The van der Waals surface area contributed by atoms with Crippen LogP contribution in [0.2, 0.25) is 0 Å². The van der Waals surface area contributed by atoms with Crippen LogP contribution in [-0.4, -0.2) is 36.4 Å². The highest BCUT2D eigenvalue weighted by Crippen LogP contribution is 2.26. The van der Waals surface area contributed by atoms with Gasteiger partial charge in [-0.2, -0.15) is 0 Å². The second-order valence-electron chi connectivity index (χ2n) is 5.46. The molecule has 1 aromatic carbocycles. The number of para-hydroxylation sites is 1. The van der Waals surface area contributed by atoms with E-state index in [1.807, 2.05) is 30.3 Å². The Morgan fingerprint density at radius 2 is 1.84 bits per heavy atom. The van der Waals surface area contributed by atoms with Crippen LogP contribution in [-0.2, 0) is 4.79 Å². The van der Waals surface area contributed by atoms with Crippen molar-refractivity contribution < 1.29 is 9.53 Å². The first-order valence-electron chi connectivity index (χ1n) is 7.09. The van der Waals surface area contributed by atoms with Crippen molar-refractivity contribution in [1.82, 2.24) is 4.90 Å². The minimum absolute atomic E-state index is 0.233. The lowest BCUT2D eigenvalue weighted by Gasteiger charge is -2.41. The largest absolute Gasteiger partial charge is 0.492 e. The molecule has 0 bridgehead atoms. The molecule has 0 amide bonds. The second kappa shape index (κ2) is 6.71. The van der Waals surface area contributed by atoms with Crippen molar-refractivity contribution in [3.8, 4) is 5.75 Å². The molecule has 1 heterocycles. The Kier molecular flexibility index (Phi) is 4.97. The van der Waals surface area contributed by atoms with E-state index in [1.54, 1.807) is 0 Å². The summed E-state index contributed by atoms with van der Waals surface area (Å²) in [7, 11) is 0. The topological polar surface area (TPSA) is 29.5 Å². The zero-order valence-corrected chi connectivity index (χ0v) is 11.8. The molecule has 104 valence electrons. The van der Waals surface area contributed by atoms with Crippen LogP contribution >= 0.6 is 0 Å². The van der Waals surface area contributed by atoms with E-state index >= 15 is 0 Å². The smallest absolute Gasteiger partial charge is 0.123 e.